The number of carbonyl (C=O) groups excluding carboxylic acids is 2. The minimum absolute atomic E-state index is 0.00441. The fourth-order valence-electron chi connectivity index (χ4n) is 7.74. The van der Waals surface area contributed by atoms with Crippen LogP contribution in [-0.4, -0.2) is 64.5 Å². The monoisotopic (exact) mass is 828 g/mol. The summed E-state index contributed by atoms with van der Waals surface area (Å²) < 4.78 is 32.7. The van der Waals surface area contributed by atoms with Crippen molar-refractivity contribution in [2.45, 2.75) is 58.0 Å². The smallest absolute Gasteiger partial charge is 0.260 e. The molecule has 5 aromatic carbocycles. The van der Waals surface area contributed by atoms with E-state index in [1.807, 2.05) is 65.7 Å². The van der Waals surface area contributed by atoms with E-state index in [1.165, 1.54) is 17.8 Å². The molecule has 0 saturated heterocycles. The SMILES string of the molecule is CNc1cc(OCc2cc(COc3cc4c(cc3OC)OSN3c5ccccc5CC3C=N4)cc(NC(=O)C(C)NC)c2)c(OC)cc1C(=O)N1c2ccccc2C[C@H]1C. The number of amides is 2. The van der Waals surface area contributed by atoms with Crippen LogP contribution in [0.2, 0.25) is 0 Å². The van der Waals surface area contributed by atoms with Gasteiger partial charge in [0, 0.05) is 55.3 Å². The molecule has 0 fully saturated rings. The van der Waals surface area contributed by atoms with Crippen LogP contribution in [0.5, 0.6) is 28.7 Å². The summed E-state index contributed by atoms with van der Waals surface area (Å²) in [5.74, 6) is 2.05. The summed E-state index contributed by atoms with van der Waals surface area (Å²) in [6.45, 7) is 4.10. The minimum Gasteiger partial charge on any atom is -0.493 e. The number of hydrogen-bond donors (Lipinski definition) is 3. The molecule has 3 N–H and O–H groups in total. The maximum absolute atomic E-state index is 14.1. The maximum atomic E-state index is 14.1. The Hall–Kier alpha value is -6.38. The standard InChI is InChI=1S/C46H48N6O7S/c1-27-15-31-11-7-9-13-38(31)51(27)46(54)35-20-41(55-5)43(21-36(35)48-4)57-25-29-16-30(18-33(17-29)50-45(53)28(2)47-3)26-58-44-22-37-40(23-42(44)56-6)59-60-52-34(24-49-37)19-32-12-8-10-14-39(32)52/h7-14,16-18,20-24,27-28,34,47-48H,15,19,25-26H2,1-6H3,(H,50,53)/t27-,28?,34?/m1/s1. The summed E-state index contributed by atoms with van der Waals surface area (Å²) >= 11 is 1.28. The Morgan fingerprint density at radius 1 is 0.833 bits per heavy atom. The Labute approximate surface area is 354 Å². The number of anilines is 4. The van der Waals surface area contributed by atoms with Gasteiger partial charge in [-0.2, -0.15) is 0 Å². The maximum Gasteiger partial charge on any atom is 0.260 e. The van der Waals surface area contributed by atoms with Crippen molar-refractivity contribution in [2.75, 3.05) is 48.2 Å². The molecule has 3 heterocycles. The lowest BCUT2D eigenvalue weighted by atomic mass is 10.1. The van der Waals surface area contributed by atoms with Crippen LogP contribution in [0.4, 0.5) is 28.4 Å². The lowest BCUT2D eigenvalue weighted by Crippen LogP contribution is -2.36. The average molecular weight is 829 g/mol. The van der Waals surface area contributed by atoms with Crippen molar-refractivity contribution < 1.29 is 32.7 Å². The Morgan fingerprint density at radius 3 is 2.17 bits per heavy atom. The van der Waals surface area contributed by atoms with Crippen molar-refractivity contribution in [3.8, 4) is 28.7 Å². The van der Waals surface area contributed by atoms with Gasteiger partial charge in [0.05, 0.1) is 43.2 Å². The van der Waals surface area contributed by atoms with Crippen molar-refractivity contribution in [3.63, 3.8) is 0 Å². The number of carbonyl (C=O) groups is 2. The van der Waals surface area contributed by atoms with Crippen LogP contribution in [0.3, 0.4) is 0 Å². The van der Waals surface area contributed by atoms with Gasteiger partial charge in [-0.1, -0.05) is 36.4 Å². The van der Waals surface area contributed by atoms with Gasteiger partial charge in [0.25, 0.3) is 5.91 Å². The molecule has 2 amide bonds. The number of aliphatic imine (C=N–C) groups is 1. The lowest BCUT2D eigenvalue weighted by Gasteiger charge is -2.25. The molecule has 0 aromatic heterocycles. The number of methoxy groups -OCH3 is 2. The van der Waals surface area contributed by atoms with Gasteiger partial charge in [-0.25, -0.2) is 0 Å². The van der Waals surface area contributed by atoms with Crippen LogP contribution in [-0.2, 0) is 30.8 Å². The summed E-state index contributed by atoms with van der Waals surface area (Å²) in [6, 6.07) is 28.7. The second kappa shape index (κ2) is 17.5. The van der Waals surface area contributed by atoms with Gasteiger partial charge >= 0.3 is 0 Å². The van der Waals surface area contributed by atoms with E-state index in [4.69, 9.17) is 28.1 Å². The Morgan fingerprint density at radius 2 is 1.48 bits per heavy atom. The van der Waals surface area contributed by atoms with Crippen molar-refractivity contribution in [1.82, 2.24) is 5.32 Å². The van der Waals surface area contributed by atoms with Crippen LogP contribution in [0.1, 0.15) is 46.5 Å². The van der Waals surface area contributed by atoms with E-state index in [2.05, 4.69) is 45.4 Å². The van der Waals surface area contributed by atoms with E-state index in [1.54, 1.807) is 53.4 Å². The van der Waals surface area contributed by atoms with Gasteiger partial charge in [0.15, 0.2) is 41.0 Å². The number of likely N-dealkylation sites (N-methyl/N-ethyl adjacent to an activating group) is 1. The fourth-order valence-corrected chi connectivity index (χ4v) is 8.53. The molecule has 13 nitrogen and oxygen atoms in total. The molecule has 60 heavy (non-hydrogen) atoms. The first-order valence-electron chi connectivity index (χ1n) is 19.8. The van der Waals surface area contributed by atoms with Crippen molar-refractivity contribution in [2.24, 2.45) is 4.99 Å². The topological polar surface area (TPSA) is 135 Å². The number of fused-ring (bicyclic) bond motifs is 5. The summed E-state index contributed by atoms with van der Waals surface area (Å²) in [4.78, 5) is 33.8. The van der Waals surface area contributed by atoms with Crippen LogP contribution >= 0.6 is 12.2 Å². The van der Waals surface area contributed by atoms with Gasteiger partial charge < -0.3 is 44.0 Å². The molecule has 5 aromatic rings. The highest BCUT2D eigenvalue weighted by atomic mass is 32.2. The molecule has 0 radical (unpaired) electrons. The quantitative estimate of drug-likeness (QED) is 0.0785. The molecule has 3 atom stereocenters. The van der Waals surface area contributed by atoms with Crippen LogP contribution in [0.25, 0.3) is 0 Å². The largest absolute Gasteiger partial charge is 0.493 e. The van der Waals surface area contributed by atoms with E-state index in [0.717, 1.165) is 40.9 Å². The summed E-state index contributed by atoms with van der Waals surface area (Å²) in [7, 11) is 6.64. The van der Waals surface area contributed by atoms with Crippen molar-refractivity contribution in [1.29, 1.82) is 0 Å². The fraction of sp³-hybridized carbons (Fsp3) is 0.283. The summed E-state index contributed by atoms with van der Waals surface area (Å²) in [5.41, 5.74) is 8.22. The number of benzene rings is 5. The summed E-state index contributed by atoms with van der Waals surface area (Å²) in [5, 5.41) is 9.18. The number of nitrogens with zero attached hydrogens (tertiary/aromatic N) is 3. The van der Waals surface area contributed by atoms with Crippen molar-refractivity contribution in [3.05, 3.63) is 119 Å². The molecule has 0 aliphatic carbocycles. The highest BCUT2D eigenvalue weighted by molar-refractivity contribution is 7.96. The molecule has 0 bridgehead atoms. The zero-order valence-corrected chi connectivity index (χ0v) is 35.2. The number of para-hydroxylation sites is 2. The lowest BCUT2D eigenvalue weighted by molar-refractivity contribution is -0.117. The molecule has 0 saturated carbocycles. The summed E-state index contributed by atoms with van der Waals surface area (Å²) in [6.07, 6.45) is 3.57. The highest BCUT2D eigenvalue weighted by Gasteiger charge is 2.34. The van der Waals surface area contributed by atoms with Gasteiger partial charge in [-0.3, -0.25) is 18.9 Å². The second-order valence-electron chi connectivity index (χ2n) is 14.9. The Balaban J connectivity index is 1.03. The first-order valence-corrected chi connectivity index (χ1v) is 20.5. The molecule has 0 spiro atoms. The number of rotatable bonds is 13. The third-order valence-electron chi connectivity index (χ3n) is 11.0. The van der Waals surface area contributed by atoms with Gasteiger partial charge in [-0.05, 0) is 86.0 Å². The Bertz CT molecular complexity index is 2460. The zero-order chi connectivity index (χ0) is 41.9. The van der Waals surface area contributed by atoms with Gasteiger partial charge in [-0.15, -0.1) is 0 Å². The predicted molar refractivity (Wildman–Crippen MR) is 237 cm³/mol. The van der Waals surface area contributed by atoms with E-state index < -0.39 is 6.04 Å². The van der Waals surface area contributed by atoms with E-state index in [9.17, 15) is 9.59 Å². The van der Waals surface area contributed by atoms with E-state index in [0.29, 0.717) is 51.4 Å². The molecule has 2 unspecified atom stereocenters. The number of hydrogen-bond acceptors (Lipinski definition) is 12. The number of ether oxygens (including phenoxy) is 4. The average Bonchev–Trinajstić information content (AvgIpc) is 3.79. The molecular weight excluding hydrogens is 781 g/mol. The first-order chi connectivity index (χ1) is 29.2. The third-order valence-corrected chi connectivity index (χ3v) is 11.8. The van der Waals surface area contributed by atoms with Crippen LogP contribution < -0.4 is 48.3 Å². The third kappa shape index (κ3) is 8.12. The predicted octanol–water partition coefficient (Wildman–Crippen LogP) is 8.13. The zero-order valence-electron chi connectivity index (χ0n) is 34.4. The molecule has 3 aliphatic heterocycles. The second-order valence-corrected chi connectivity index (χ2v) is 15.6. The molecule has 3 aliphatic rings. The van der Waals surface area contributed by atoms with Gasteiger partial charge in [0.2, 0.25) is 5.91 Å². The molecule has 14 heteroatoms. The van der Waals surface area contributed by atoms with Gasteiger partial charge in [0.1, 0.15) is 18.9 Å². The molecule has 310 valence electrons. The normalized spacial score (nSPS) is 16.6. The van der Waals surface area contributed by atoms with Crippen LogP contribution in [0, 0.1) is 0 Å². The highest BCUT2D eigenvalue weighted by Crippen LogP contribution is 2.46. The Kier molecular flexibility index (Phi) is 11.8. The minimum atomic E-state index is -0.425. The van der Waals surface area contributed by atoms with E-state index >= 15 is 0 Å². The molecule has 8 rings (SSSR count). The number of nitrogens with one attached hydrogen (secondary N) is 3. The van der Waals surface area contributed by atoms with Crippen molar-refractivity contribution >= 4 is 58.7 Å². The first kappa shape index (κ1) is 40.4. The molecular formula is C46H48N6O7S. The van der Waals surface area contributed by atoms with Crippen LogP contribution in [0.15, 0.2) is 96.0 Å². The van der Waals surface area contributed by atoms with E-state index in [-0.39, 0.29) is 37.1 Å².